The van der Waals surface area contributed by atoms with E-state index in [-0.39, 0.29) is 5.54 Å². The molecular formula is C14H18N2O. The molecule has 1 aliphatic rings. The second-order valence-corrected chi connectivity index (χ2v) is 4.94. The molecule has 2 aromatic rings. The van der Waals surface area contributed by atoms with Gasteiger partial charge in [0.2, 0.25) is 0 Å². The molecule has 90 valence electrons. The molecule has 4 N–H and O–H groups in total. The van der Waals surface area contributed by atoms with Crippen molar-refractivity contribution in [3.05, 3.63) is 35.6 Å². The van der Waals surface area contributed by atoms with Gasteiger partial charge in [-0.05, 0) is 31.9 Å². The molecule has 1 atom stereocenters. The van der Waals surface area contributed by atoms with Gasteiger partial charge in [-0.3, -0.25) is 0 Å². The van der Waals surface area contributed by atoms with Crippen LogP contribution >= 0.6 is 0 Å². The van der Waals surface area contributed by atoms with Crippen molar-refractivity contribution in [3.8, 4) is 0 Å². The second-order valence-electron chi connectivity index (χ2n) is 4.94. The van der Waals surface area contributed by atoms with Crippen LogP contribution in [0.4, 0.5) is 0 Å². The third-order valence-corrected chi connectivity index (χ3v) is 3.78. The molecular weight excluding hydrogens is 212 g/mol. The molecule has 3 rings (SSSR count). The van der Waals surface area contributed by atoms with Crippen molar-refractivity contribution in [2.75, 3.05) is 6.54 Å². The molecule has 0 fully saturated rings. The largest absolute Gasteiger partial charge is 0.461 e. The van der Waals surface area contributed by atoms with Crippen molar-refractivity contribution in [2.24, 2.45) is 11.5 Å². The summed E-state index contributed by atoms with van der Waals surface area (Å²) in [6.45, 7) is 0.620. The molecule has 1 aromatic carbocycles. The summed E-state index contributed by atoms with van der Waals surface area (Å²) in [7, 11) is 0. The van der Waals surface area contributed by atoms with Crippen molar-refractivity contribution in [3.63, 3.8) is 0 Å². The SMILES string of the molecule is NCCC1(N)CCCc2oc3ccccc3c21. The van der Waals surface area contributed by atoms with Crippen molar-refractivity contribution < 1.29 is 4.42 Å². The number of nitrogens with two attached hydrogens (primary N) is 2. The lowest BCUT2D eigenvalue weighted by Crippen LogP contribution is -2.41. The summed E-state index contributed by atoms with van der Waals surface area (Å²) < 4.78 is 5.91. The van der Waals surface area contributed by atoms with Gasteiger partial charge in [0.15, 0.2) is 0 Å². The Hall–Kier alpha value is -1.32. The summed E-state index contributed by atoms with van der Waals surface area (Å²) in [5.74, 6) is 1.06. The number of aryl methyl sites for hydroxylation is 1. The van der Waals surface area contributed by atoms with Crippen LogP contribution in [0.15, 0.2) is 28.7 Å². The minimum atomic E-state index is -0.297. The topological polar surface area (TPSA) is 65.2 Å². The Morgan fingerprint density at radius 3 is 2.94 bits per heavy atom. The zero-order valence-electron chi connectivity index (χ0n) is 9.91. The third-order valence-electron chi connectivity index (χ3n) is 3.78. The Morgan fingerprint density at radius 2 is 2.12 bits per heavy atom. The predicted octanol–water partition coefficient (Wildman–Crippen LogP) is 2.27. The number of furan rings is 1. The zero-order valence-corrected chi connectivity index (χ0v) is 9.91. The molecule has 1 aliphatic carbocycles. The maximum absolute atomic E-state index is 6.55. The van der Waals surface area contributed by atoms with E-state index < -0.39 is 0 Å². The molecule has 0 aliphatic heterocycles. The first kappa shape index (κ1) is 10.8. The molecule has 0 spiro atoms. The fraction of sp³-hybridized carbons (Fsp3) is 0.429. The first-order valence-corrected chi connectivity index (χ1v) is 6.24. The lowest BCUT2D eigenvalue weighted by Gasteiger charge is -2.33. The summed E-state index contributed by atoms with van der Waals surface area (Å²) in [5.41, 5.74) is 14.1. The number of hydrogen-bond acceptors (Lipinski definition) is 3. The lowest BCUT2D eigenvalue weighted by molar-refractivity contribution is 0.333. The van der Waals surface area contributed by atoms with Crippen molar-refractivity contribution in [1.29, 1.82) is 0 Å². The zero-order chi connectivity index (χ0) is 11.9. The van der Waals surface area contributed by atoms with E-state index in [1.165, 1.54) is 5.56 Å². The Bertz CT molecular complexity index is 546. The maximum atomic E-state index is 6.55. The highest BCUT2D eigenvalue weighted by Crippen LogP contribution is 2.41. The van der Waals surface area contributed by atoms with Crippen LogP contribution in [0, 0.1) is 0 Å². The van der Waals surface area contributed by atoms with Gasteiger partial charge >= 0.3 is 0 Å². The van der Waals surface area contributed by atoms with E-state index in [1.54, 1.807) is 0 Å². The van der Waals surface area contributed by atoms with Gasteiger partial charge in [-0.25, -0.2) is 0 Å². The summed E-state index contributed by atoms with van der Waals surface area (Å²) in [6, 6.07) is 8.14. The van der Waals surface area contributed by atoms with Crippen LogP contribution in [-0.2, 0) is 12.0 Å². The lowest BCUT2D eigenvalue weighted by atomic mass is 9.77. The van der Waals surface area contributed by atoms with Crippen LogP contribution in [0.1, 0.15) is 30.6 Å². The Morgan fingerprint density at radius 1 is 1.29 bits per heavy atom. The number of para-hydroxylation sites is 1. The highest BCUT2D eigenvalue weighted by atomic mass is 16.3. The fourth-order valence-electron chi connectivity index (χ4n) is 3.01. The molecule has 0 bridgehead atoms. The van der Waals surface area contributed by atoms with E-state index in [1.807, 2.05) is 18.2 Å². The monoisotopic (exact) mass is 230 g/mol. The van der Waals surface area contributed by atoms with Crippen LogP contribution in [0.25, 0.3) is 11.0 Å². The standard InChI is InChI=1S/C14H18N2O/c15-9-8-14(16)7-3-6-12-13(14)10-4-1-2-5-11(10)17-12/h1-2,4-5H,3,6-9,15-16H2. The quantitative estimate of drug-likeness (QED) is 0.831. The smallest absolute Gasteiger partial charge is 0.134 e. The summed E-state index contributed by atoms with van der Waals surface area (Å²) >= 11 is 0. The van der Waals surface area contributed by atoms with Gasteiger partial charge in [-0.15, -0.1) is 0 Å². The number of hydrogen-bond donors (Lipinski definition) is 2. The highest BCUT2D eigenvalue weighted by molar-refractivity contribution is 5.83. The average molecular weight is 230 g/mol. The molecule has 1 heterocycles. The maximum Gasteiger partial charge on any atom is 0.134 e. The number of rotatable bonds is 2. The molecule has 3 nitrogen and oxygen atoms in total. The third kappa shape index (κ3) is 1.58. The van der Waals surface area contributed by atoms with Gasteiger partial charge in [0, 0.05) is 22.9 Å². The molecule has 1 aromatic heterocycles. The second kappa shape index (κ2) is 3.86. The van der Waals surface area contributed by atoms with E-state index in [4.69, 9.17) is 15.9 Å². The van der Waals surface area contributed by atoms with Gasteiger partial charge in [0.05, 0.1) is 0 Å². The molecule has 0 saturated carbocycles. The van der Waals surface area contributed by atoms with Crippen LogP contribution in [-0.4, -0.2) is 6.54 Å². The van der Waals surface area contributed by atoms with Gasteiger partial charge in [0.1, 0.15) is 11.3 Å². The van der Waals surface area contributed by atoms with Gasteiger partial charge in [-0.1, -0.05) is 18.2 Å². The van der Waals surface area contributed by atoms with Crippen LogP contribution in [0.5, 0.6) is 0 Å². The van der Waals surface area contributed by atoms with E-state index >= 15 is 0 Å². The Balaban J connectivity index is 2.24. The van der Waals surface area contributed by atoms with Crippen molar-refractivity contribution in [2.45, 2.75) is 31.2 Å². The first-order valence-electron chi connectivity index (χ1n) is 6.24. The van der Waals surface area contributed by atoms with Gasteiger partial charge < -0.3 is 15.9 Å². The van der Waals surface area contributed by atoms with Crippen LogP contribution in [0.2, 0.25) is 0 Å². The van der Waals surface area contributed by atoms with Gasteiger partial charge in [0.25, 0.3) is 0 Å². The highest BCUT2D eigenvalue weighted by Gasteiger charge is 2.36. The van der Waals surface area contributed by atoms with E-state index in [9.17, 15) is 0 Å². The van der Waals surface area contributed by atoms with E-state index in [2.05, 4.69) is 6.07 Å². The van der Waals surface area contributed by atoms with Crippen LogP contribution < -0.4 is 11.5 Å². The molecule has 0 amide bonds. The number of fused-ring (bicyclic) bond motifs is 3. The first-order chi connectivity index (χ1) is 8.24. The fourth-order valence-corrected chi connectivity index (χ4v) is 3.01. The minimum absolute atomic E-state index is 0.297. The van der Waals surface area contributed by atoms with E-state index in [0.29, 0.717) is 6.54 Å². The average Bonchev–Trinajstić information content (AvgIpc) is 2.69. The number of benzene rings is 1. The molecule has 1 unspecified atom stereocenters. The molecule has 3 heteroatoms. The minimum Gasteiger partial charge on any atom is -0.461 e. The summed E-state index contributed by atoms with van der Waals surface area (Å²) in [5, 5.41) is 1.16. The Labute approximate surface area is 101 Å². The van der Waals surface area contributed by atoms with E-state index in [0.717, 1.165) is 42.4 Å². The summed E-state index contributed by atoms with van der Waals surface area (Å²) in [4.78, 5) is 0. The summed E-state index contributed by atoms with van der Waals surface area (Å²) in [6.07, 6.45) is 3.90. The van der Waals surface area contributed by atoms with Crippen molar-refractivity contribution in [1.82, 2.24) is 0 Å². The molecule has 0 radical (unpaired) electrons. The molecule has 0 saturated heterocycles. The van der Waals surface area contributed by atoms with Crippen LogP contribution in [0.3, 0.4) is 0 Å². The molecule has 17 heavy (non-hydrogen) atoms. The Kier molecular flexibility index (Phi) is 2.45. The predicted molar refractivity (Wildman–Crippen MR) is 68.7 cm³/mol. The normalized spacial score (nSPS) is 23.9. The van der Waals surface area contributed by atoms with Crippen molar-refractivity contribution >= 4 is 11.0 Å². The van der Waals surface area contributed by atoms with Gasteiger partial charge in [-0.2, -0.15) is 0 Å².